The van der Waals surface area contributed by atoms with Gasteiger partial charge in [-0.05, 0) is 129 Å². The second kappa shape index (κ2) is 22.8. The van der Waals surface area contributed by atoms with Gasteiger partial charge >= 0.3 is 13.0 Å². The van der Waals surface area contributed by atoms with E-state index in [0.717, 1.165) is 86.4 Å². The lowest BCUT2D eigenvalue weighted by atomic mass is 9.97. The number of nitrogens with one attached hydrogen (secondary N) is 2. The number of aliphatic hydroxyl groups is 1. The predicted octanol–water partition coefficient (Wildman–Crippen LogP) is 9.57. The van der Waals surface area contributed by atoms with Gasteiger partial charge in [-0.15, -0.1) is 11.8 Å². The van der Waals surface area contributed by atoms with Crippen molar-refractivity contribution in [3.05, 3.63) is 137 Å². The van der Waals surface area contributed by atoms with Gasteiger partial charge in [0.15, 0.2) is 0 Å². The van der Waals surface area contributed by atoms with Crippen LogP contribution in [0.15, 0.2) is 131 Å². The normalized spacial score (nSPS) is 16.9. The van der Waals surface area contributed by atoms with E-state index in [2.05, 4.69) is 37.2 Å². The van der Waals surface area contributed by atoms with Gasteiger partial charge in [-0.1, -0.05) is 66.2 Å². The number of carbonyl (C=O) groups is 1. The average molecular weight is 999 g/mol. The van der Waals surface area contributed by atoms with Crippen LogP contribution in [0, 0.1) is 5.92 Å². The molecule has 2 aliphatic rings. The minimum absolute atomic E-state index is 0.120. The number of piperazine rings is 1. The van der Waals surface area contributed by atoms with E-state index in [0.29, 0.717) is 29.8 Å². The third-order valence-electron chi connectivity index (χ3n) is 12.2. The third-order valence-corrected chi connectivity index (χ3v) is 17.2. The molecule has 11 nitrogen and oxygen atoms in total. The van der Waals surface area contributed by atoms with Gasteiger partial charge in [0.05, 0.1) is 17.6 Å². The molecule has 2 aliphatic heterocycles. The Kier molecular flexibility index (Phi) is 17.2. The molecule has 0 unspecified atom stereocenters. The zero-order chi connectivity index (χ0) is 47.6. The number of carbonyl (C=O) groups excluding carboxylic acids is 1. The van der Waals surface area contributed by atoms with Gasteiger partial charge in [-0.3, -0.25) is 19.3 Å². The van der Waals surface area contributed by atoms with Crippen LogP contribution in [0.5, 0.6) is 0 Å². The molecular formula is C49H56ClF3N5O6PS2. The molecule has 3 N–H and O–H groups in total. The molecule has 18 heteroatoms. The molecule has 0 aliphatic carbocycles. The molecule has 0 saturated carbocycles. The molecule has 67 heavy (non-hydrogen) atoms. The molecule has 358 valence electrons. The summed E-state index contributed by atoms with van der Waals surface area (Å²) in [5.74, 6) is -0.185. The van der Waals surface area contributed by atoms with Gasteiger partial charge in [0.25, 0.3) is 15.7 Å². The van der Waals surface area contributed by atoms with E-state index >= 15 is 0 Å². The fraction of sp³-hybridized carbons (Fsp3) is 0.367. The van der Waals surface area contributed by atoms with Crippen LogP contribution in [-0.4, -0.2) is 106 Å². The van der Waals surface area contributed by atoms with E-state index in [4.69, 9.17) is 16.1 Å². The molecule has 2 fully saturated rings. The maximum absolute atomic E-state index is 14.5. The van der Waals surface area contributed by atoms with E-state index in [9.17, 15) is 36.1 Å². The van der Waals surface area contributed by atoms with Gasteiger partial charge in [-0.2, -0.15) is 13.2 Å². The Morgan fingerprint density at radius 2 is 1.55 bits per heavy atom. The van der Waals surface area contributed by atoms with E-state index in [-0.39, 0.29) is 30.4 Å². The van der Waals surface area contributed by atoms with Crippen LogP contribution in [0.2, 0.25) is 5.02 Å². The molecule has 0 bridgehead atoms. The van der Waals surface area contributed by atoms with Crippen LogP contribution in [0.3, 0.4) is 0 Å². The van der Waals surface area contributed by atoms with Crippen LogP contribution >= 0.6 is 30.9 Å². The predicted molar refractivity (Wildman–Crippen MR) is 262 cm³/mol. The first-order chi connectivity index (χ1) is 32.2. The van der Waals surface area contributed by atoms with Crippen molar-refractivity contribution < 1.29 is 40.6 Å². The quantitative estimate of drug-likeness (QED) is 0.0540. The first kappa shape index (κ1) is 50.5. The van der Waals surface area contributed by atoms with Crippen molar-refractivity contribution in [1.82, 2.24) is 14.9 Å². The van der Waals surface area contributed by atoms with E-state index in [1.54, 1.807) is 24.3 Å². The summed E-state index contributed by atoms with van der Waals surface area (Å²) >= 11 is 7.61. The summed E-state index contributed by atoms with van der Waals surface area (Å²) in [5, 5.41) is 15.4. The number of hydrogen-bond donors (Lipinski definition) is 3. The smallest absolute Gasteiger partial charge is 0.396 e. The topological polar surface area (TPSA) is 132 Å². The Labute approximate surface area is 400 Å². The number of sulfone groups is 1. The van der Waals surface area contributed by atoms with Gasteiger partial charge in [0.2, 0.25) is 0 Å². The molecule has 7 rings (SSSR count). The van der Waals surface area contributed by atoms with Crippen LogP contribution in [0.25, 0.3) is 11.1 Å². The summed E-state index contributed by atoms with van der Waals surface area (Å²) in [5.41, 5.74) is -1.53. The number of benzene rings is 5. The van der Waals surface area contributed by atoms with Gasteiger partial charge in [0, 0.05) is 78.8 Å². The number of aliphatic hydroxyl groups excluding tert-OH is 1. The molecule has 0 spiro atoms. The van der Waals surface area contributed by atoms with Gasteiger partial charge in [0.1, 0.15) is 4.90 Å². The number of hydrogen-bond acceptors (Lipinski definition) is 11. The number of halogens is 4. The molecule has 1 amide bonds. The van der Waals surface area contributed by atoms with Crippen molar-refractivity contribution in [2.24, 2.45) is 5.92 Å². The first-order valence-electron chi connectivity index (χ1n) is 22.4. The number of likely N-dealkylation sites (tertiary alicyclic amines) is 1. The van der Waals surface area contributed by atoms with Gasteiger partial charge in [-0.25, -0.2) is 8.42 Å². The van der Waals surface area contributed by atoms with Crippen molar-refractivity contribution in [2.45, 2.75) is 54.1 Å². The molecule has 5 aromatic rings. The van der Waals surface area contributed by atoms with Crippen LogP contribution in [0.1, 0.15) is 42.1 Å². The number of thioether (sulfide) groups is 1. The lowest BCUT2D eigenvalue weighted by Crippen LogP contribution is -2.46. The maximum Gasteiger partial charge on any atom is 0.501 e. The number of rotatable bonds is 19. The fourth-order valence-electron chi connectivity index (χ4n) is 8.37. The summed E-state index contributed by atoms with van der Waals surface area (Å²) in [4.78, 5) is 20.4. The highest BCUT2D eigenvalue weighted by atomic mass is 35.5. The Bertz CT molecular complexity index is 2580. The minimum atomic E-state index is -6.00. The molecule has 2 saturated heterocycles. The second-order valence-corrected chi connectivity index (χ2v) is 22.3. The SMILES string of the molecule is CCO[P@@](=O)(NC(=O)c1ccc(N2CCN(Cc3ccccc3-c3ccc(Cl)cc3)CC2)cc1)c1ccc(N[C@H](CCN2CCC(CO)CC2)CSc2ccccc2)c(S(=O)(=O)C(F)(F)F)c1. The highest BCUT2D eigenvalue weighted by Gasteiger charge is 2.49. The van der Waals surface area contributed by atoms with Gasteiger partial charge < -0.3 is 24.7 Å². The number of nitrogens with zero attached hydrogens (tertiary/aromatic N) is 3. The van der Waals surface area contributed by atoms with Crippen LogP contribution in [0.4, 0.5) is 24.5 Å². The van der Waals surface area contributed by atoms with Crippen LogP contribution < -0.4 is 20.6 Å². The first-order valence-corrected chi connectivity index (χ1v) is 26.8. The number of amides is 1. The summed E-state index contributed by atoms with van der Waals surface area (Å²) in [6.07, 6.45) is 2.12. The summed E-state index contributed by atoms with van der Waals surface area (Å²) in [6.45, 7) is 7.38. The van der Waals surface area contributed by atoms with Crippen molar-refractivity contribution in [1.29, 1.82) is 0 Å². The Hall–Kier alpha value is -4.38. The lowest BCUT2D eigenvalue weighted by molar-refractivity contribution is -0.0435. The number of anilines is 2. The zero-order valence-corrected chi connectivity index (χ0v) is 40.5. The standard InChI is InChI=1S/C49H56ClF3N5O6PS2/c1-2-64-65(61,55-48(60)38-14-18-42(19-15-38)58-30-28-57(29-31-58)33-39-8-6-7-11-45(39)37-12-16-40(50)17-13-37)43-20-21-46(47(32-43)67(62,63)49(51,52)53)54-41(35-66-44-9-4-3-5-10-44)24-27-56-25-22-36(34-59)23-26-56/h3-21,32,36,41,54,59H,2,22-31,33-35H2,1H3,(H,55,60,61)/t41-,65-/m1/s1. The van der Waals surface area contributed by atoms with Crippen LogP contribution in [-0.2, 0) is 25.5 Å². The summed E-state index contributed by atoms with van der Waals surface area (Å²) in [6, 6.07) is 34.9. The number of alkyl halides is 3. The Balaban J connectivity index is 1.05. The minimum Gasteiger partial charge on any atom is -0.396 e. The zero-order valence-electron chi connectivity index (χ0n) is 37.2. The molecular weight excluding hydrogens is 942 g/mol. The largest absolute Gasteiger partial charge is 0.501 e. The molecule has 0 radical (unpaired) electrons. The summed E-state index contributed by atoms with van der Waals surface area (Å²) < 4.78 is 89.9. The molecule has 0 aromatic heterocycles. The average Bonchev–Trinajstić information content (AvgIpc) is 3.33. The molecule has 2 atom stereocenters. The number of piperidine rings is 1. The third kappa shape index (κ3) is 13.0. The van der Waals surface area contributed by atoms with Crippen molar-refractivity contribution in [3.8, 4) is 11.1 Å². The Morgan fingerprint density at radius 1 is 0.881 bits per heavy atom. The lowest BCUT2D eigenvalue weighted by Gasteiger charge is -2.36. The van der Waals surface area contributed by atoms with Crippen molar-refractivity contribution in [2.75, 3.05) is 75.0 Å². The maximum atomic E-state index is 14.5. The highest BCUT2D eigenvalue weighted by Crippen LogP contribution is 2.44. The van der Waals surface area contributed by atoms with E-state index in [1.165, 1.54) is 30.3 Å². The van der Waals surface area contributed by atoms with E-state index in [1.807, 2.05) is 66.7 Å². The fourth-order valence-corrected chi connectivity index (χ4v) is 12.2. The monoisotopic (exact) mass is 997 g/mol. The van der Waals surface area contributed by atoms with E-state index < -0.39 is 45.0 Å². The Morgan fingerprint density at radius 3 is 2.21 bits per heavy atom. The second-order valence-electron chi connectivity index (χ2n) is 16.7. The van der Waals surface area contributed by atoms with Crippen molar-refractivity contribution >= 4 is 63.3 Å². The van der Waals surface area contributed by atoms with Crippen molar-refractivity contribution in [3.63, 3.8) is 0 Å². The summed E-state index contributed by atoms with van der Waals surface area (Å²) in [7, 11) is -10.5. The highest BCUT2D eigenvalue weighted by molar-refractivity contribution is 7.99. The molecule has 5 aromatic carbocycles. The molecule has 2 heterocycles.